The van der Waals surface area contributed by atoms with E-state index in [1.807, 2.05) is 20.8 Å². The van der Waals surface area contributed by atoms with Gasteiger partial charge in [-0.05, 0) is 26.8 Å². The molecule has 15 heavy (non-hydrogen) atoms. The van der Waals surface area contributed by atoms with Gasteiger partial charge in [-0.1, -0.05) is 6.07 Å². The van der Waals surface area contributed by atoms with Crippen LogP contribution in [0.5, 0.6) is 5.88 Å². The summed E-state index contributed by atoms with van der Waals surface area (Å²) in [6.45, 7) is 5.96. The molecule has 5 heteroatoms. The van der Waals surface area contributed by atoms with Crippen LogP contribution < -0.4 is 5.46 Å². The van der Waals surface area contributed by atoms with Gasteiger partial charge >= 0.3 is 7.12 Å². The number of nitrogens with zero attached hydrogens (tertiary/aromatic N) is 1. The first-order valence-electron chi connectivity index (χ1n) is 4.97. The number of rotatable bonds is 1. The van der Waals surface area contributed by atoms with Crippen molar-refractivity contribution in [1.29, 1.82) is 0 Å². The molecule has 0 saturated carbocycles. The molecule has 0 bridgehead atoms. The maximum absolute atomic E-state index is 9.06. The van der Waals surface area contributed by atoms with Crippen LogP contribution in [-0.4, -0.2) is 28.9 Å². The highest BCUT2D eigenvalue weighted by molar-refractivity contribution is 6.61. The predicted octanol–water partition coefficient (Wildman–Crippen LogP) is 0.696. The van der Waals surface area contributed by atoms with E-state index >= 15 is 0 Å². The van der Waals surface area contributed by atoms with E-state index in [0.29, 0.717) is 0 Å². The molecule has 1 aromatic rings. The molecule has 2 heterocycles. The zero-order valence-electron chi connectivity index (χ0n) is 9.10. The minimum atomic E-state index is -0.386. The molecule has 1 aliphatic heterocycles. The molecule has 0 radical (unpaired) electrons. The molecular formula is C10H14BNO3. The molecule has 80 valence electrons. The first-order valence-corrected chi connectivity index (χ1v) is 4.97. The Morgan fingerprint density at radius 2 is 2.20 bits per heavy atom. The first kappa shape index (κ1) is 10.5. The van der Waals surface area contributed by atoms with E-state index < -0.39 is 0 Å². The van der Waals surface area contributed by atoms with E-state index in [2.05, 4.69) is 4.98 Å². The Morgan fingerprint density at radius 3 is 2.67 bits per heavy atom. The Kier molecular flexibility index (Phi) is 2.44. The van der Waals surface area contributed by atoms with Gasteiger partial charge in [-0.25, -0.2) is 4.98 Å². The van der Waals surface area contributed by atoms with Gasteiger partial charge in [-0.2, -0.15) is 0 Å². The smallest absolute Gasteiger partial charge is 0.493 e. The highest BCUT2D eigenvalue weighted by Gasteiger charge is 2.43. The van der Waals surface area contributed by atoms with Crippen LogP contribution in [0.15, 0.2) is 18.3 Å². The minimum Gasteiger partial charge on any atom is -0.493 e. The second kappa shape index (κ2) is 3.50. The molecule has 0 spiro atoms. The summed E-state index contributed by atoms with van der Waals surface area (Å²) in [5.41, 5.74) is 0.535. The minimum absolute atomic E-state index is 0.00376. The number of aromatic nitrogens is 1. The molecule has 1 aromatic heterocycles. The Labute approximate surface area is 89.4 Å². The van der Waals surface area contributed by atoms with Crippen molar-refractivity contribution in [3.05, 3.63) is 18.3 Å². The third-order valence-electron chi connectivity index (χ3n) is 2.76. The molecule has 1 N–H and O–H groups in total. The summed E-state index contributed by atoms with van der Waals surface area (Å²) in [5, 5.41) is 9.06. The van der Waals surface area contributed by atoms with Crippen molar-refractivity contribution in [1.82, 2.24) is 4.98 Å². The van der Waals surface area contributed by atoms with Gasteiger partial charge in [0.15, 0.2) is 0 Å². The molecule has 2 rings (SSSR count). The lowest BCUT2D eigenvalue weighted by Gasteiger charge is -2.21. The van der Waals surface area contributed by atoms with Gasteiger partial charge < -0.3 is 14.4 Å². The van der Waals surface area contributed by atoms with E-state index in [4.69, 9.17) is 14.4 Å². The number of hydrogen-bond donors (Lipinski definition) is 1. The average molecular weight is 207 g/mol. The maximum atomic E-state index is 9.06. The highest BCUT2D eigenvalue weighted by atomic mass is 16.7. The third-order valence-corrected chi connectivity index (χ3v) is 2.76. The standard InChI is InChI=1S/C10H14BNO3/c1-7-10(2,3)15-11(14-7)8-4-5-9(13)12-6-8/h4-7H,1-3H3,(H,12,13). The second-order valence-electron chi connectivity index (χ2n) is 4.28. The van der Waals surface area contributed by atoms with Crippen molar-refractivity contribution in [2.75, 3.05) is 0 Å². The lowest BCUT2D eigenvalue weighted by Crippen LogP contribution is -2.34. The topological polar surface area (TPSA) is 51.6 Å². The van der Waals surface area contributed by atoms with E-state index in [9.17, 15) is 0 Å². The quantitative estimate of drug-likeness (QED) is 0.688. The van der Waals surface area contributed by atoms with Crippen molar-refractivity contribution < 1.29 is 14.4 Å². The molecule has 1 unspecified atom stereocenters. The number of pyridine rings is 1. The van der Waals surface area contributed by atoms with Crippen LogP contribution in [0.1, 0.15) is 20.8 Å². The molecule has 1 saturated heterocycles. The normalized spacial score (nSPS) is 24.5. The Balaban J connectivity index is 2.17. The first-order chi connectivity index (χ1) is 6.99. The average Bonchev–Trinajstić information content (AvgIpc) is 2.42. The summed E-state index contributed by atoms with van der Waals surface area (Å²) < 4.78 is 11.4. The summed E-state index contributed by atoms with van der Waals surface area (Å²) >= 11 is 0. The molecule has 0 aromatic carbocycles. The van der Waals surface area contributed by atoms with Gasteiger partial charge in [0.05, 0.1) is 11.7 Å². The lowest BCUT2D eigenvalue weighted by molar-refractivity contribution is 0.0842. The van der Waals surface area contributed by atoms with Crippen LogP contribution in [0.2, 0.25) is 0 Å². The van der Waals surface area contributed by atoms with Crippen LogP contribution in [0.25, 0.3) is 0 Å². The van der Waals surface area contributed by atoms with Crippen molar-refractivity contribution >= 4 is 12.6 Å². The van der Waals surface area contributed by atoms with Crippen LogP contribution in [0.3, 0.4) is 0 Å². The Morgan fingerprint density at radius 1 is 1.47 bits per heavy atom. The summed E-state index contributed by atoms with van der Waals surface area (Å²) in [7, 11) is -0.386. The van der Waals surface area contributed by atoms with Gasteiger partial charge in [-0.3, -0.25) is 0 Å². The highest BCUT2D eigenvalue weighted by Crippen LogP contribution is 2.26. The third kappa shape index (κ3) is 1.98. The van der Waals surface area contributed by atoms with E-state index in [0.717, 1.165) is 5.46 Å². The van der Waals surface area contributed by atoms with Crippen LogP contribution in [0, 0.1) is 0 Å². The molecule has 1 fully saturated rings. The maximum Gasteiger partial charge on any atom is 0.496 e. The zero-order chi connectivity index (χ0) is 11.1. The zero-order valence-corrected chi connectivity index (χ0v) is 9.10. The largest absolute Gasteiger partial charge is 0.496 e. The SMILES string of the molecule is CC1OB(c2ccc(O)nc2)OC1(C)C. The van der Waals surface area contributed by atoms with Crippen molar-refractivity contribution in [2.45, 2.75) is 32.5 Å². The monoisotopic (exact) mass is 207 g/mol. The Bertz CT molecular complexity index is 352. The summed E-state index contributed by atoms with van der Waals surface area (Å²) in [6, 6.07) is 3.28. The molecule has 0 amide bonds. The predicted molar refractivity (Wildman–Crippen MR) is 57.0 cm³/mol. The second-order valence-corrected chi connectivity index (χ2v) is 4.28. The molecule has 0 aliphatic carbocycles. The van der Waals surface area contributed by atoms with E-state index in [1.165, 1.54) is 6.07 Å². The van der Waals surface area contributed by atoms with Crippen molar-refractivity contribution in [3.63, 3.8) is 0 Å². The fourth-order valence-electron chi connectivity index (χ4n) is 1.43. The van der Waals surface area contributed by atoms with Crippen LogP contribution in [0.4, 0.5) is 0 Å². The summed E-state index contributed by atoms with van der Waals surface area (Å²) in [4.78, 5) is 3.79. The van der Waals surface area contributed by atoms with Gasteiger partial charge in [0.2, 0.25) is 5.88 Å². The number of hydrogen-bond acceptors (Lipinski definition) is 4. The number of aromatic hydroxyl groups is 1. The van der Waals surface area contributed by atoms with Crippen LogP contribution in [-0.2, 0) is 9.31 Å². The fraction of sp³-hybridized carbons (Fsp3) is 0.500. The molecule has 1 atom stereocenters. The van der Waals surface area contributed by atoms with Gasteiger partial charge in [0.25, 0.3) is 0 Å². The van der Waals surface area contributed by atoms with Gasteiger partial charge in [-0.15, -0.1) is 0 Å². The molecular weight excluding hydrogens is 193 g/mol. The summed E-state index contributed by atoms with van der Waals surface area (Å²) in [6.07, 6.45) is 1.60. The lowest BCUT2D eigenvalue weighted by atomic mass is 9.80. The molecule has 4 nitrogen and oxygen atoms in total. The fourth-order valence-corrected chi connectivity index (χ4v) is 1.43. The van der Waals surface area contributed by atoms with Gasteiger partial charge in [0.1, 0.15) is 0 Å². The van der Waals surface area contributed by atoms with Crippen LogP contribution >= 0.6 is 0 Å². The van der Waals surface area contributed by atoms with E-state index in [-0.39, 0.29) is 24.7 Å². The summed E-state index contributed by atoms with van der Waals surface area (Å²) in [5.74, 6) is 0.00376. The molecule has 1 aliphatic rings. The van der Waals surface area contributed by atoms with Crippen molar-refractivity contribution in [2.24, 2.45) is 0 Å². The van der Waals surface area contributed by atoms with Gasteiger partial charge in [0, 0.05) is 11.7 Å². The Hall–Kier alpha value is -1.07. The van der Waals surface area contributed by atoms with Crippen molar-refractivity contribution in [3.8, 4) is 5.88 Å². The van der Waals surface area contributed by atoms with E-state index in [1.54, 1.807) is 12.3 Å².